The zero-order valence-electron chi connectivity index (χ0n) is 7.79. The van der Waals surface area contributed by atoms with Gasteiger partial charge in [0, 0.05) is 0 Å². The molecule has 78 valence electrons. The van der Waals surface area contributed by atoms with Crippen LogP contribution in [-0.2, 0) is 9.84 Å². The van der Waals surface area contributed by atoms with E-state index in [0.29, 0.717) is 0 Å². The number of hydrogen-bond acceptors (Lipinski definition) is 2. The highest BCUT2D eigenvalue weighted by Crippen LogP contribution is 2.22. The van der Waals surface area contributed by atoms with E-state index in [1.807, 2.05) is 0 Å². The topological polar surface area (TPSA) is 34.1 Å². The van der Waals surface area contributed by atoms with Crippen molar-refractivity contribution in [2.75, 3.05) is 0 Å². The Balaban J connectivity index is 3.29. The number of rotatable bonds is 2. The van der Waals surface area contributed by atoms with Crippen LogP contribution in [0.1, 0.15) is 13.8 Å². The van der Waals surface area contributed by atoms with E-state index < -0.39 is 20.9 Å². The molecule has 1 aromatic carbocycles. The first-order valence-corrected chi connectivity index (χ1v) is 5.97. The van der Waals surface area contributed by atoms with Crippen molar-refractivity contribution >= 4 is 21.4 Å². The molecule has 0 aliphatic rings. The van der Waals surface area contributed by atoms with Crippen LogP contribution in [0.2, 0.25) is 5.02 Å². The van der Waals surface area contributed by atoms with E-state index >= 15 is 0 Å². The predicted molar refractivity (Wildman–Crippen MR) is 53.7 cm³/mol. The quantitative estimate of drug-likeness (QED) is 0.740. The molecule has 0 amide bonds. The molecule has 1 aromatic rings. The Labute approximate surface area is 87.6 Å². The molecule has 14 heavy (non-hydrogen) atoms. The maximum Gasteiger partial charge on any atom is 0.180 e. The molecule has 0 heterocycles. The van der Waals surface area contributed by atoms with Crippen LogP contribution in [0.3, 0.4) is 0 Å². The van der Waals surface area contributed by atoms with E-state index in [-0.39, 0.29) is 9.92 Å². The summed E-state index contributed by atoms with van der Waals surface area (Å²) in [6, 6.07) is 3.40. The molecular formula is C9H10ClFO2S. The first-order chi connectivity index (χ1) is 6.35. The van der Waals surface area contributed by atoms with Crippen LogP contribution in [-0.4, -0.2) is 13.7 Å². The van der Waals surface area contributed by atoms with Crippen LogP contribution < -0.4 is 0 Å². The van der Waals surface area contributed by atoms with Gasteiger partial charge in [-0.15, -0.1) is 0 Å². The van der Waals surface area contributed by atoms with Crippen molar-refractivity contribution in [2.45, 2.75) is 24.0 Å². The third-order valence-electron chi connectivity index (χ3n) is 1.84. The molecule has 0 aromatic heterocycles. The zero-order valence-corrected chi connectivity index (χ0v) is 9.36. The third-order valence-corrected chi connectivity index (χ3v) is 4.28. The normalized spacial score (nSPS) is 12.1. The molecular weight excluding hydrogens is 227 g/mol. The van der Waals surface area contributed by atoms with Gasteiger partial charge in [-0.2, -0.15) is 0 Å². The van der Waals surface area contributed by atoms with Gasteiger partial charge in [0.1, 0.15) is 5.82 Å². The molecule has 5 heteroatoms. The van der Waals surface area contributed by atoms with Crippen molar-refractivity contribution in [2.24, 2.45) is 0 Å². The van der Waals surface area contributed by atoms with Crippen LogP contribution in [0, 0.1) is 5.82 Å². The summed E-state index contributed by atoms with van der Waals surface area (Å²) in [6.45, 7) is 3.12. The van der Waals surface area contributed by atoms with Gasteiger partial charge in [-0.25, -0.2) is 12.8 Å². The largest absolute Gasteiger partial charge is 0.223 e. The first-order valence-electron chi connectivity index (χ1n) is 4.04. The average Bonchev–Trinajstić information content (AvgIpc) is 2.09. The second-order valence-corrected chi connectivity index (χ2v) is 6.08. The van der Waals surface area contributed by atoms with E-state index in [0.717, 1.165) is 12.1 Å². The predicted octanol–water partition coefficient (Wildman–Crippen LogP) is 2.66. The summed E-state index contributed by atoms with van der Waals surface area (Å²) in [5, 5.41) is -0.712. The van der Waals surface area contributed by atoms with Gasteiger partial charge >= 0.3 is 0 Å². The molecule has 2 nitrogen and oxygen atoms in total. The zero-order chi connectivity index (χ0) is 10.9. The summed E-state index contributed by atoms with van der Waals surface area (Å²) in [5.74, 6) is -0.616. The van der Waals surface area contributed by atoms with Crippen LogP contribution in [0.15, 0.2) is 23.1 Å². The molecule has 0 atom stereocenters. The summed E-state index contributed by atoms with van der Waals surface area (Å²) in [7, 11) is -3.37. The van der Waals surface area contributed by atoms with Gasteiger partial charge in [-0.1, -0.05) is 11.6 Å². The fourth-order valence-corrected chi connectivity index (χ4v) is 2.26. The summed E-state index contributed by atoms with van der Waals surface area (Å²) in [4.78, 5) is 0.0545. The SMILES string of the molecule is CC(C)S(=O)(=O)c1ccc(F)c(Cl)c1. The smallest absolute Gasteiger partial charge is 0.180 e. The van der Waals surface area contributed by atoms with Gasteiger partial charge in [0.05, 0.1) is 15.2 Å². The Morgan fingerprint density at radius 3 is 2.36 bits per heavy atom. The molecule has 0 aliphatic heterocycles. The highest BCUT2D eigenvalue weighted by molar-refractivity contribution is 7.92. The number of benzene rings is 1. The van der Waals surface area contributed by atoms with Gasteiger partial charge in [-0.05, 0) is 32.0 Å². The van der Waals surface area contributed by atoms with Gasteiger partial charge < -0.3 is 0 Å². The molecule has 0 spiro atoms. The Bertz CT molecular complexity index is 440. The molecule has 0 N–H and O–H groups in total. The Morgan fingerprint density at radius 1 is 1.36 bits per heavy atom. The van der Waals surface area contributed by atoms with E-state index in [9.17, 15) is 12.8 Å². The van der Waals surface area contributed by atoms with Crippen LogP contribution in [0.25, 0.3) is 0 Å². The number of hydrogen-bond donors (Lipinski definition) is 0. The molecule has 0 fully saturated rings. The molecule has 0 saturated heterocycles. The van der Waals surface area contributed by atoms with Gasteiger partial charge in [0.25, 0.3) is 0 Å². The standard InChI is InChI=1S/C9H10ClFO2S/c1-6(2)14(12,13)7-3-4-9(11)8(10)5-7/h3-6H,1-2H3. The molecule has 0 aliphatic carbocycles. The van der Waals surface area contributed by atoms with Gasteiger partial charge in [0.2, 0.25) is 0 Å². The maximum atomic E-state index is 12.8. The second kappa shape index (κ2) is 3.87. The molecule has 0 unspecified atom stereocenters. The van der Waals surface area contributed by atoms with Crippen molar-refractivity contribution < 1.29 is 12.8 Å². The van der Waals surface area contributed by atoms with Crippen molar-refractivity contribution in [3.63, 3.8) is 0 Å². The van der Waals surface area contributed by atoms with Crippen molar-refractivity contribution in [3.8, 4) is 0 Å². The molecule has 0 saturated carbocycles. The second-order valence-electron chi connectivity index (χ2n) is 3.17. The van der Waals surface area contributed by atoms with Crippen LogP contribution in [0.5, 0.6) is 0 Å². The molecule has 0 radical (unpaired) electrons. The minimum atomic E-state index is -3.37. The minimum absolute atomic E-state index is 0.0545. The average molecular weight is 237 g/mol. The minimum Gasteiger partial charge on any atom is -0.223 e. The fourth-order valence-electron chi connectivity index (χ4n) is 0.926. The lowest BCUT2D eigenvalue weighted by Crippen LogP contribution is -2.13. The van der Waals surface area contributed by atoms with E-state index in [1.165, 1.54) is 6.07 Å². The highest BCUT2D eigenvalue weighted by Gasteiger charge is 2.19. The summed E-state index contributed by atoms with van der Waals surface area (Å²) < 4.78 is 36.0. The Hall–Kier alpha value is -0.610. The van der Waals surface area contributed by atoms with Gasteiger partial charge in [0.15, 0.2) is 9.84 Å². The molecule has 1 rings (SSSR count). The van der Waals surface area contributed by atoms with Crippen LogP contribution >= 0.6 is 11.6 Å². The summed E-state index contributed by atoms with van der Waals surface area (Å²) in [5.41, 5.74) is 0. The lowest BCUT2D eigenvalue weighted by molar-refractivity contribution is 0.586. The number of sulfone groups is 1. The Morgan fingerprint density at radius 2 is 1.93 bits per heavy atom. The lowest BCUT2D eigenvalue weighted by atomic mass is 10.3. The first kappa shape index (κ1) is 11.5. The van der Waals surface area contributed by atoms with Crippen LogP contribution in [0.4, 0.5) is 4.39 Å². The van der Waals surface area contributed by atoms with E-state index in [2.05, 4.69) is 0 Å². The Kier molecular flexibility index (Phi) is 3.17. The van der Waals surface area contributed by atoms with Crippen molar-refractivity contribution in [3.05, 3.63) is 29.0 Å². The van der Waals surface area contributed by atoms with E-state index in [4.69, 9.17) is 11.6 Å². The lowest BCUT2D eigenvalue weighted by Gasteiger charge is -2.07. The van der Waals surface area contributed by atoms with Gasteiger partial charge in [-0.3, -0.25) is 0 Å². The molecule has 0 bridgehead atoms. The summed E-state index contributed by atoms with van der Waals surface area (Å²) in [6.07, 6.45) is 0. The third kappa shape index (κ3) is 2.07. The van der Waals surface area contributed by atoms with Crippen molar-refractivity contribution in [1.29, 1.82) is 0 Å². The van der Waals surface area contributed by atoms with E-state index in [1.54, 1.807) is 13.8 Å². The number of halogens is 2. The monoisotopic (exact) mass is 236 g/mol. The summed E-state index contributed by atoms with van der Waals surface area (Å²) >= 11 is 5.49. The highest BCUT2D eigenvalue weighted by atomic mass is 35.5. The van der Waals surface area contributed by atoms with Crippen molar-refractivity contribution in [1.82, 2.24) is 0 Å². The fraction of sp³-hybridized carbons (Fsp3) is 0.333. The maximum absolute atomic E-state index is 12.8.